The third-order valence-electron chi connectivity index (χ3n) is 6.02. The van der Waals surface area contributed by atoms with Gasteiger partial charge in [0.1, 0.15) is 0 Å². The van der Waals surface area contributed by atoms with E-state index < -0.39 is 0 Å². The van der Waals surface area contributed by atoms with E-state index in [4.69, 9.17) is 4.74 Å². The van der Waals surface area contributed by atoms with Crippen molar-refractivity contribution in [3.8, 4) is 0 Å². The van der Waals surface area contributed by atoms with Crippen molar-refractivity contribution in [1.29, 1.82) is 0 Å². The first kappa shape index (κ1) is 18.4. The van der Waals surface area contributed by atoms with Gasteiger partial charge in [0.2, 0.25) is 0 Å². The lowest BCUT2D eigenvalue weighted by molar-refractivity contribution is 0.00581. The Balaban J connectivity index is 1.59. The predicted molar refractivity (Wildman–Crippen MR) is 107 cm³/mol. The molecule has 0 bridgehead atoms. The van der Waals surface area contributed by atoms with E-state index in [0.717, 1.165) is 68.7 Å². The van der Waals surface area contributed by atoms with Crippen LogP contribution in [0.3, 0.4) is 0 Å². The Hall–Kier alpha value is -1.98. The molecule has 0 N–H and O–H groups in total. The number of aromatic nitrogens is 1. The number of hydrogen-bond donors (Lipinski definition) is 0. The van der Waals surface area contributed by atoms with Crippen LogP contribution in [0, 0.1) is 5.41 Å². The quantitative estimate of drug-likeness (QED) is 0.818. The maximum absolute atomic E-state index is 13.4. The molecule has 0 radical (unpaired) electrons. The minimum absolute atomic E-state index is 0.0392. The molecule has 1 amide bonds. The van der Waals surface area contributed by atoms with Crippen molar-refractivity contribution in [1.82, 2.24) is 14.8 Å². The monoisotopic (exact) mass is 367 g/mol. The molecule has 2 aliphatic rings. The maximum Gasteiger partial charge on any atom is 0.254 e. The van der Waals surface area contributed by atoms with Gasteiger partial charge in [-0.25, -0.2) is 0 Å². The third kappa shape index (κ3) is 3.71. The summed E-state index contributed by atoms with van der Waals surface area (Å²) in [6.07, 6.45) is 3.93. The fourth-order valence-corrected chi connectivity index (χ4v) is 4.56. The molecular formula is C22H29N3O2. The number of nitrogens with zero attached hydrogens (tertiary/aromatic N) is 3. The Morgan fingerprint density at radius 2 is 2.07 bits per heavy atom. The van der Waals surface area contributed by atoms with E-state index in [1.807, 2.05) is 35.2 Å². The first-order chi connectivity index (χ1) is 13.1. The molecule has 2 aromatic rings. The molecule has 27 heavy (non-hydrogen) atoms. The highest BCUT2D eigenvalue weighted by molar-refractivity contribution is 6.06. The van der Waals surface area contributed by atoms with Gasteiger partial charge in [0, 0.05) is 54.8 Å². The van der Waals surface area contributed by atoms with Crippen molar-refractivity contribution in [2.45, 2.75) is 32.7 Å². The third-order valence-corrected chi connectivity index (χ3v) is 6.02. The van der Waals surface area contributed by atoms with Gasteiger partial charge in [-0.05, 0) is 44.9 Å². The number of fused-ring (bicyclic) bond motifs is 1. The van der Waals surface area contributed by atoms with Gasteiger partial charge in [-0.2, -0.15) is 0 Å². The van der Waals surface area contributed by atoms with Crippen LogP contribution in [0.5, 0.6) is 0 Å². The van der Waals surface area contributed by atoms with Gasteiger partial charge in [0.05, 0.1) is 18.7 Å². The molecule has 2 saturated heterocycles. The van der Waals surface area contributed by atoms with E-state index in [1.54, 1.807) is 6.20 Å². The molecule has 3 heterocycles. The van der Waals surface area contributed by atoms with Gasteiger partial charge in [-0.3, -0.25) is 14.7 Å². The van der Waals surface area contributed by atoms with Crippen LogP contribution in [-0.2, 0) is 4.74 Å². The number of piperidine rings is 1. The van der Waals surface area contributed by atoms with E-state index in [9.17, 15) is 4.79 Å². The van der Waals surface area contributed by atoms with Crippen molar-refractivity contribution in [3.63, 3.8) is 0 Å². The van der Waals surface area contributed by atoms with E-state index in [-0.39, 0.29) is 11.3 Å². The summed E-state index contributed by atoms with van der Waals surface area (Å²) < 4.78 is 5.98. The summed E-state index contributed by atoms with van der Waals surface area (Å²) in [6.45, 7) is 9.58. The summed E-state index contributed by atoms with van der Waals surface area (Å²) in [4.78, 5) is 22.3. The summed E-state index contributed by atoms with van der Waals surface area (Å²) in [5.41, 5.74) is 1.67. The van der Waals surface area contributed by atoms with Crippen LogP contribution in [0.2, 0.25) is 0 Å². The number of rotatable bonds is 2. The normalized spacial score (nSPS) is 24.5. The average Bonchev–Trinajstić information content (AvgIpc) is 2.90. The number of likely N-dealkylation sites (tertiary alicyclic amines) is 1. The Morgan fingerprint density at radius 3 is 2.93 bits per heavy atom. The van der Waals surface area contributed by atoms with Crippen molar-refractivity contribution in [2.24, 2.45) is 5.41 Å². The fourth-order valence-electron chi connectivity index (χ4n) is 4.56. The number of pyridine rings is 1. The second kappa shape index (κ2) is 7.56. The summed E-state index contributed by atoms with van der Waals surface area (Å²) in [7, 11) is 0. The molecule has 4 rings (SSSR count). The van der Waals surface area contributed by atoms with Gasteiger partial charge in [-0.15, -0.1) is 0 Å². The average molecular weight is 367 g/mol. The summed E-state index contributed by atoms with van der Waals surface area (Å²) in [6, 6.07) is 10.2. The molecule has 1 atom stereocenters. The van der Waals surface area contributed by atoms with E-state index in [2.05, 4.69) is 23.7 Å². The largest absolute Gasteiger partial charge is 0.379 e. The number of carbonyl (C=O) groups excluding carboxylic acids is 1. The highest BCUT2D eigenvalue weighted by Crippen LogP contribution is 2.34. The van der Waals surface area contributed by atoms with Crippen LogP contribution in [0.1, 0.15) is 37.0 Å². The topological polar surface area (TPSA) is 45.7 Å². The number of amides is 1. The van der Waals surface area contributed by atoms with Crippen LogP contribution < -0.4 is 0 Å². The molecule has 1 aromatic heterocycles. The molecule has 0 saturated carbocycles. The lowest BCUT2D eigenvalue weighted by atomic mass is 9.79. The van der Waals surface area contributed by atoms with Gasteiger partial charge >= 0.3 is 0 Å². The van der Waals surface area contributed by atoms with Crippen molar-refractivity contribution < 1.29 is 9.53 Å². The van der Waals surface area contributed by atoms with Crippen molar-refractivity contribution in [2.75, 3.05) is 39.4 Å². The van der Waals surface area contributed by atoms with Crippen LogP contribution in [-0.4, -0.2) is 66.1 Å². The lowest BCUT2D eigenvalue weighted by Crippen LogP contribution is -2.53. The second-order valence-corrected chi connectivity index (χ2v) is 8.32. The smallest absolute Gasteiger partial charge is 0.254 e. The predicted octanol–water partition coefficient (Wildman–Crippen LogP) is 3.20. The Labute approximate surface area is 161 Å². The number of hydrogen-bond acceptors (Lipinski definition) is 4. The summed E-state index contributed by atoms with van der Waals surface area (Å²) in [5, 5.41) is 0.936. The van der Waals surface area contributed by atoms with Crippen molar-refractivity contribution in [3.05, 3.63) is 42.1 Å². The van der Waals surface area contributed by atoms with Crippen LogP contribution in [0.25, 0.3) is 10.9 Å². The molecule has 2 fully saturated rings. The van der Waals surface area contributed by atoms with Gasteiger partial charge in [-0.1, -0.05) is 12.1 Å². The highest BCUT2D eigenvalue weighted by atomic mass is 16.5. The number of benzene rings is 1. The molecule has 1 spiro atoms. The zero-order valence-electron chi connectivity index (χ0n) is 16.4. The highest BCUT2D eigenvalue weighted by Gasteiger charge is 2.40. The fraction of sp³-hybridized carbons (Fsp3) is 0.545. The zero-order valence-corrected chi connectivity index (χ0v) is 16.4. The Bertz CT molecular complexity index is 817. The molecule has 5 heteroatoms. The van der Waals surface area contributed by atoms with Crippen molar-refractivity contribution >= 4 is 16.8 Å². The number of carbonyl (C=O) groups is 1. The SMILES string of the molecule is CC(C)N1CCOCC2(CCCN(C(=O)c3cccc4ncccc34)C2)C1. The van der Waals surface area contributed by atoms with Gasteiger partial charge in [0.15, 0.2) is 0 Å². The molecule has 144 valence electrons. The van der Waals surface area contributed by atoms with Gasteiger partial charge < -0.3 is 9.64 Å². The minimum Gasteiger partial charge on any atom is -0.379 e. The minimum atomic E-state index is 0.0392. The second-order valence-electron chi connectivity index (χ2n) is 8.32. The summed E-state index contributed by atoms with van der Waals surface area (Å²) >= 11 is 0. The lowest BCUT2D eigenvalue weighted by Gasteiger charge is -2.44. The van der Waals surface area contributed by atoms with E-state index in [1.165, 1.54) is 0 Å². The first-order valence-electron chi connectivity index (χ1n) is 10.0. The van der Waals surface area contributed by atoms with Gasteiger partial charge in [0.25, 0.3) is 5.91 Å². The van der Waals surface area contributed by atoms with E-state index >= 15 is 0 Å². The maximum atomic E-state index is 13.4. The first-order valence-corrected chi connectivity index (χ1v) is 10.0. The van der Waals surface area contributed by atoms with E-state index in [0.29, 0.717) is 6.04 Å². The molecule has 5 nitrogen and oxygen atoms in total. The standard InChI is InChI=1S/C22H29N3O2/c1-17(2)24-12-13-27-16-22(14-24)9-5-11-25(15-22)21(26)19-6-3-8-20-18(19)7-4-10-23-20/h3-4,6-8,10,17H,5,9,11-16H2,1-2H3. The van der Waals surface area contributed by atoms with Crippen LogP contribution in [0.4, 0.5) is 0 Å². The molecule has 1 unspecified atom stereocenters. The Kier molecular flexibility index (Phi) is 5.15. The molecule has 2 aliphatic heterocycles. The molecular weight excluding hydrogens is 338 g/mol. The zero-order chi connectivity index (χ0) is 18.9. The number of ether oxygens (including phenoxy) is 1. The Morgan fingerprint density at radius 1 is 1.19 bits per heavy atom. The van der Waals surface area contributed by atoms with Crippen LogP contribution in [0.15, 0.2) is 36.5 Å². The summed E-state index contributed by atoms with van der Waals surface area (Å²) in [5.74, 6) is 0.119. The molecule has 1 aromatic carbocycles. The van der Waals surface area contributed by atoms with Crippen LogP contribution >= 0.6 is 0 Å². The molecule has 0 aliphatic carbocycles.